The lowest BCUT2D eigenvalue weighted by Crippen LogP contribution is -2.39. The molecular formula is C17H23ClN2S. The Morgan fingerprint density at radius 2 is 2.00 bits per heavy atom. The SMILES string of the molecule is CCC(N)C(c1ccsc1)N(C)C(C)c1ccccc1Cl. The summed E-state index contributed by atoms with van der Waals surface area (Å²) >= 11 is 8.07. The average molecular weight is 323 g/mol. The smallest absolute Gasteiger partial charge is 0.0510 e. The molecule has 0 saturated heterocycles. The van der Waals surface area contributed by atoms with Crippen LogP contribution in [0.15, 0.2) is 41.1 Å². The molecule has 2 nitrogen and oxygen atoms in total. The van der Waals surface area contributed by atoms with E-state index in [9.17, 15) is 0 Å². The van der Waals surface area contributed by atoms with Crippen LogP contribution < -0.4 is 5.73 Å². The molecule has 4 heteroatoms. The van der Waals surface area contributed by atoms with Gasteiger partial charge in [-0.25, -0.2) is 0 Å². The highest BCUT2D eigenvalue weighted by Gasteiger charge is 2.28. The molecule has 1 heterocycles. The van der Waals surface area contributed by atoms with E-state index in [1.165, 1.54) is 5.56 Å². The lowest BCUT2D eigenvalue weighted by Gasteiger charge is -2.36. The van der Waals surface area contributed by atoms with E-state index >= 15 is 0 Å². The van der Waals surface area contributed by atoms with Crippen molar-refractivity contribution >= 4 is 22.9 Å². The molecule has 0 aliphatic rings. The van der Waals surface area contributed by atoms with E-state index in [2.05, 4.69) is 48.7 Å². The molecule has 0 saturated carbocycles. The highest BCUT2D eigenvalue weighted by molar-refractivity contribution is 7.07. The van der Waals surface area contributed by atoms with Crippen LogP contribution in [-0.2, 0) is 0 Å². The predicted octanol–water partition coefficient (Wildman–Crippen LogP) is 4.87. The van der Waals surface area contributed by atoms with Crippen LogP contribution in [0.25, 0.3) is 0 Å². The summed E-state index contributed by atoms with van der Waals surface area (Å²) in [6, 6.07) is 10.7. The number of nitrogens with two attached hydrogens (primary N) is 1. The van der Waals surface area contributed by atoms with Crippen LogP contribution in [0.5, 0.6) is 0 Å². The summed E-state index contributed by atoms with van der Waals surface area (Å²) in [5, 5.41) is 5.11. The van der Waals surface area contributed by atoms with E-state index in [1.54, 1.807) is 11.3 Å². The summed E-state index contributed by atoms with van der Waals surface area (Å²) in [5.74, 6) is 0. The fraction of sp³-hybridized carbons (Fsp3) is 0.412. The van der Waals surface area contributed by atoms with E-state index in [1.807, 2.05) is 18.2 Å². The van der Waals surface area contributed by atoms with Gasteiger partial charge in [0.25, 0.3) is 0 Å². The summed E-state index contributed by atoms with van der Waals surface area (Å²) in [5.41, 5.74) is 8.82. The van der Waals surface area contributed by atoms with Gasteiger partial charge in [-0.15, -0.1) is 0 Å². The highest BCUT2D eigenvalue weighted by atomic mass is 35.5. The Morgan fingerprint density at radius 3 is 2.57 bits per heavy atom. The van der Waals surface area contributed by atoms with Crippen LogP contribution in [0.1, 0.15) is 43.5 Å². The first-order chi connectivity index (χ1) is 10.1. The number of benzene rings is 1. The maximum absolute atomic E-state index is 6.39. The van der Waals surface area contributed by atoms with Gasteiger partial charge in [-0.05, 0) is 54.4 Å². The molecule has 21 heavy (non-hydrogen) atoms. The fourth-order valence-corrected chi connectivity index (χ4v) is 3.71. The second-order valence-electron chi connectivity index (χ2n) is 5.44. The Balaban J connectivity index is 2.30. The zero-order valence-corrected chi connectivity index (χ0v) is 14.4. The third-order valence-electron chi connectivity index (χ3n) is 4.17. The van der Waals surface area contributed by atoms with Gasteiger partial charge in [0.1, 0.15) is 0 Å². The van der Waals surface area contributed by atoms with Crippen LogP contribution in [-0.4, -0.2) is 18.0 Å². The number of nitrogens with zero attached hydrogens (tertiary/aromatic N) is 1. The van der Waals surface area contributed by atoms with Gasteiger partial charge >= 0.3 is 0 Å². The molecular weight excluding hydrogens is 300 g/mol. The van der Waals surface area contributed by atoms with Crippen LogP contribution >= 0.6 is 22.9 Å². The first-order valence-electron chi connectivity index (χ1n) is 7.30. The van der Waals surface area contributed by atoms with Crippen molar-refractivity contribution in [2.24, 2.45) is 5.73 Å². The second kappa shape index (κ2) is 7.41. The molecule has 0 aliphatic heterocycles. The highest BCUT2D eigenvalue weighted by Crippen LogP contribution is 2.34. The molecule has 1 aromatic heterocycles. The minimum absolute atomic E-state index is 0.106. The third kappa shape index (κ3) is 3.67. The van der Waals surface area contributed by atoms with Crippen molar-refractivity contribution in [1.82, 2.24) is 4.90 Å². The van der Waals surface area contributed by atoms with Crippen LogP contribution in [0.2, 0.25) is 5.02 Å². The van der Waals surface area contributed by atoms with Crippen LogP contribution in [0.3, 0.4) is 0 Å². The number of hydrogen-bond donors (Lipinski definition) is 1. The zero-order valence-electron chi connectivity index (χ0n) is 12.8. The zero-order chi connectivity index (χ0) is 15.4. The topological polar surface area (TPSA) is 29.3 Å². The first kappa shape index (κ1) is 16.5. The van der Waals surface area contributed by atoms with E-state index < -0.39 is 0 Å². The molecule has 0 bridgehead atoms. The molecule has 1 aromatic carbocycles. The summed E-state index contributed by atoms with van der Waals surface area (Å²) in [7, 11) is 2.13. The lowest BCUT2D eigenvalue weighted by atomic mass is 9.96. The Hall–Kier alpha value is -0.870. The second-order valence-corrected chi connectivity index (χ2v) is 6.62. The number of rotatable bonds is 6. The first-order valence-corrected chi connectivity index (χ1v) is 8.62. The van der Waals surface area contributed by atoms with Gasteiger partial charge in [-0.2, -0.15) is 11.3 Å². The van der Waals surface area contributed by atoms with E-state index in [0.29, 0.717) is 0 Å². The van der Waals surface area contributed by atoms with Crippen molar-refractivity contribution in [3.8, 4) is 0 Å². The largest absolute Gasteiger partial charge is 0.326 e. The number of hydrogen-bond acceptors (Lipinski definition) is 3. The molecule has 2 rings (SSSR count). The molecule has 3 unspecified atom stereocenters. The Labute approximate surface area is 136 Å². The molecule has 0 radical (unpaired) electrons. The maximum atomic E-state index is 6.39. The minimum atomic E-state index is 0.106. The van der Waals surface area contributed by atoms with Gasteiger partial charge in [0.15, 0.2) is 0 Å². The predicted molar refractivity (Wildman–Crippen MR) is 93.0 cm³/mol. The Bertz CT molecular complexity index is 556. The fourth-order valence-electron chi connectivity index (χ4n) is 2.73. The summed E-state index contributed by atoms with van der Waals surface area (Å²) in [6.07, 6.45) is 0.945. The van der Waals surface area contributed by atoms with E-state index in [4.69, 9.17) is 17.3 Å². The quantitative estimate of drug-likeness (QED) is 0.821. The molecule has 0 fully saturated rings. The van der Waals surface area contributed by atoms with E-state index in [-0.39, 0.29) is 18.1 Å². The van der Waals surface area contributed by atoms with E-state index in [0.717, 1.165) is 17.0 Å². The molecule has 2 N–H and O–H groups in total. The molecule has 0 spiro atoms. The Morgan fingerprint density at radius 1 is 1.29 bits per heavy atom. The van der Waals surface area contributed by atoms with Crippen molar-refractivity contribution in [3.05, 3.63) is 57.2 Å². The number of halogens is 1. The number of likely N-dealkylation sites (N-methyl/N-ethyl adjacent to an activating group) is 1. The van der Waals surface area contributed by atoms with Gasteiger partial charge < -0.3 is 5.73 Å². The summed E-state index contributed by atoms with van der Waals surface area (Å²) in [6.45, 7) is 4.32. The van der Waals surface area contributed by atoms with Crippen LogP contribution in [0.4, 0.5) is 0 Å². The normalized spacial score (nSPS) is 15.9. The third-order valence-corrected chi connectivity index (χ3v) is 5.21. The van der Waals surface area contributed by atoms with Crippen molar-refractivity contribution in [2.45, 2.75) is 38.4 Å². The van der Waals surface area contributed by atoms with Crippen LogP contribution in [0, 0.1) is 0 Å². The molecule has 114 valence electrons. The molecule has 3 atom stereocenters. The van der Waals surface area contributed by atoms with Crippen molar-refractivity contribution in [2.75, 3.05) is 7.05 Å². The van der Waals surface area contributed by atoms with Gasteiger partial charge in [0.2, 0.25) is 0 Å². The van der Waals surface area contributed by atoms with Gasteiger partial charge in [-0.3, -0.25) is 4.90 Å². The summed E-state index contributed by atoms with van der Waals surface area (Å²) < 4.78 is 0. The van der Waals surface area contributed by atoms with Crippen molar-refractivity contribution in [3.63, 3.8) is 0 Å². The lowest BCUT2D eigenvalue weighted by molar-refractivity contribution is 0.159. The van der Waals surface area contributed by atoms with Gasteiger partial charge in [0.05, 0.1) is 6.04 Å². The maximum Gasteiger partial charge on any atom is 0.0510 e. The van der Waals surface area contributed by atoms with Gasteiger partial charge in [-0.1, -0.05) is 36.7 Å². The monoisotopic (exact) mass is 322 g/mol. The average Bonchev–Trinajstić information content (AvgIpc) is 3.00. The standard InChI is InChI=1S/C17H23ClN2S/c1-4-16(19)17(13-9-10-21-11-13)20(3)12(2)14-7-5-6-8-15(14)18/h5-12,16-17H,4,19H2,1-3H3. The van der Waals surface area contributed by atoms with Crippen molar-refractivity contribution < 1.29 is 0 Å². The number of thiophene rings is 1. The Kier molecular flexibility index (Phi) is 5.82. The molecule has 2 aromatic rings. The summed E-state index contributed by atoms with van der Waals surface area (Å²) in [4.78, 5) is 2.33. The molecule has 0 aliphatic carbocycles. The minimum Gasteiger partial charge on any atom is -0.326 e. The molecule has 0 amide bonds. The van der Waals surface area contributed by atoms with Crippen molar-refractivity contribution in [1.29, 1.82) is 0 Å². The van der Waals surface area contributed by atoms with Gasteiger partial charge in [0, 0.05) is 17.1 Å².